The highest BCUT2D eigenvalue weighted by atomic mass is 16.5. The van der Waals surface area contributed by atoms with Gasteiger partial charge in [-0.05, 0) is 25.5 Å². The minimum Gasteiger partial charge on any atom is -0.493 e. The second kappa shape index (κ2) is 7.52. The number of ether oxygens (including phenoxy) is 2. The highest BCUT2D eigenvalue weighted by Crippen LogP contribution is 2.31. The number of hydrogen-bond donors (Lipinski definition) is 1. The molecular formula is C15H21NO5. The minimum absolute atomic E-state index is 0.190. The Balaban J connectivity index is 3.23. The zero-order chi connectivity index (χ0) is 16.0. The molecule has 0 aromatic heterocycles. The summed E-state index contributed by atoms with van der Waals surface area (Å²) in [5, 5.41) is 9.00. The molecular weight excluding hydrogens is 274 g/mol. The van der Waals surface area contributed by atoms with Crippen molar-refractivity contribution in [2.75, 3.05) is 20.8 Å². The first kappa shape index (κ1) is 16.8. The van der Waals surface area contributed by atoms with E-state index >= 15 is 0 Å². The van der Waals surface area contributed by atoms with Gasteiger partial charge in [0.15, 0.2) is 11.5 Å². The summed E-state index contributed by atoms with van der Waals surface area (Å²) < 4.78 is 10.4. The van der Waals surface area contributed by atoms with Gasteiger partial charge in [-0.2, -0.15) is 0 Å². The van der Waals surface area contributed by atoms with E-state index in [9.17, 15) is 9.59 Å². The van der Waals surface area contributed by atoms with Crippen molar-refractivity contribution >= 4 is 11.9 Å². The topological polar surface area (TPSA) is 76.1 Å². The minimum atomic E-state index is -1.05. The maximum atomic E-state index is 12.7. The second-order valence-electron chi connectivity index (χ2n) is 4.63. The van der Waals surface area contributed by atoms with Crippen LogP contribution in [0.5, 0.6) is 11.5 Å². The molecule has 1 unspecified atom stereocenters. The molecule has 6 nitrogen and oxygen atoms in total. The average Bonchev–Trinajstić information content (AvgIpc) is 2.49. The molecule has 1 amide bonds. The third kappa shape index (κ3) is 3.87. The SMILES string of the molecule is CCC(C)N(CC(=O)O)C(=O)c1cccc(OC)c1OC. The van der Waals surface area contributed by atoms with Crippen LogP contribution in [0.1, 0.15) is 30.6 Å². The van der Waals surface area contributed by atoms with Crippen molar-refractivity contribution in [3.05, 3.63) is 23.8 Å². The summed E-state index contributed by atoms with van der Waals surface area (Å²) in [6, 6.07) is 4.76. The van der Waals surface area contributed by atoms with E-state index in [1.54, 1.807) is 18.2 Å². The van der Waals surface area contributed by atoms with Gasteiger partial charge in [-0.25, -0.2) is 0 Å². The van der Waals surface area contributed by atoms with Crippen molar-refractivity contribution < 1.29 is 24.2 Å². The number of aliphatic carboxylic acids is 1. The summed E-state index contributed by atoms with van der Waals surface area (Å²) in [4.78, 5) is 25.0. The molecule has 0 spiro atoms. The zero-order valence-electron chi connectivity index (χ0n) is 12.8. The van der Waals surface area contributed by atoms with Crippen molar-refractivity contribution in [3.8, 4) is 11.5 Å². The van der Waals surface area contributed by atoms with Gasteiger partial charge in [0, 0.05) is 6.04 Å². The highest BCUT2D eigenvalue weighted by Gasteiger charge is 2.26. The molecule has 116 valence electrons. The number of benzene rings is 1. The monoisotopic (exact) mass is 295 g/mol. The van der Waals surface area contributed by atoms with Gasteiger partial charge in [0.2, 0.25) is 0 Å². The number of hydrogen-bond acceptors (Lipinski definition) is 4. The van der Waals surface area contributed by atoms with Gasteiger partial charge >= 0.3 is 5.97 Å². The Kier molecular flexibility index (Phi) is 6.02. The summed E-state index contributed by atoms with van der Waals surface area (Å²) in [6.45, 7) is 3.36. The van der Waals surface area contributed by atoms with Gasteiger partial charge in [-0.15, -0.1) is 0 Å². The fourth-order valence-corrected chi connectivity index (χ4v) is 2.00. The number of rotatable bonds is 7. The zero-order valence-corrected chi connectivity index (χ0v) is 12.8. The molecule has 21 heavy (non-hydrogen) atoms. The molecule has 1 aromatic carbocycles. The molecule has 0 radical (unpaired) electrons. The third-order valence-corrected chi connectivity index (χ3v) is 3.32. The van der Waals surface area contributed by atoms with Crippen LogP contribution in [-0.4, -0.2) is 48.7 Å². The van der Waals surface area contributed by atoms with Crippen molar-refractivity contribution in [2.24, 2.45) is 0 Å². The van der Waals surface area contributed by atoms with Crippen LogP contribution in [0.2, 0.25) is 0 Å². The Labute approximate surface area is 124 Å². The summed E-state index contributed by atoms with van der Waals surface area (Å²) in [5.41, 5.74) is 0.290. The van der Waals surface area contributed by atoms with Crippen molar-refractivity contribution in [1.29, 1.82) is 0 Å². The van der Waals surface area contributed by atoms with E-state index in [1.807, 2.05) is 13.8 Å². The molecule has 0 aliphatic rings. The van der Waals surface area contributed by atoms with Crippen LogP contribution in [-0.2, 0) is 4.79 Å². The smallest absolute Gasteiger partial charge is 0.323 e. The first-order valence-corrected chi connectivity index (χ1v) is 6.69. The number of carboxylic acids is 1. The fraction of sp³-hybridized carbons (Fsp3) is 0.467. The summed E-state index contributed by atoms with van der Waals surface area (Å²) in [5.74, 6) is -0.695. The predicted molar refractivity (Wildman–Crippen MR) is 78.0 cm³/mol. The van der Waals surface area contributed by atoms with E-state index in [0.29, 0.717) is 23.5 Å². The quantitative estimate of drug-likeness (QED) is 0.833. The largest absolute Gasteiger partial charge is 0.493 e. The third-order valence-electron chi connectivity index (χ3n) is 3.32. The Morgan fingerprint density at radius 2 is 1.95 bits per heavy atom. The molecule has 1 atom stereocenters. The number of carboxylic acid groups (broad SMARTS) is 1. The van der Waals surface area contributed by atoms with Crippen LogP contribution in [0.4, 0.5) is 0 Å². The van der Waals surface area contributed by atoms with Gasteiger partial charge < -0.3 is 19.5 Å². The molecule has 1 N–H and O–H groups in total. The van der Waals surface area contributed by atoms with E-state index in [-0.39, 0.29) is 18.5 Å². The maximum absolute atomic E-state index is 12.7. The average molecular weight is 295 g/mol. The van der Waals surface area contributed by atoms with Crippen molar-refractivity contribution in [3.63, 3.8) is 0 Å². The van der Waals surface area contributed by atoms with Gasteiger partial charge in [-0.3, -0.25) is 9.59 Å². The molecule has 0 saturated carbocycles. The van der Waals surface area contributed by atoms with Crippen molar-refractivity contribution in [1.82, 2.24) is 4.90 Å². The van der Waals surface area contributed by atoms with Crippen LogP contribution in [0.3, 0.4) is 0 Å². The lowest BCUT2D eigenvalue weighted by Gasteiger charge is -2.27. The molecule has 0 aliphatic heterocycles. The van der Waals surface area contributed by atoms with Gasteiger partial charge in [0.05, 0.1) is 19.8 Å². The number of nitrogens with zero attached hydrogens (tertiary/aromatic N) is 1. The lowest BCUT2D eigenvalue weighted by atomic mass is 10.1. The molecule has 0 bridgehead atoms. The highest BCUT2D eigenvalue weighted by molar-refractivity contribution is 5.99. The van der Waals surface area contributed by atoms with Crippen LogP contribution in [0, 0.1) is 0 Å². The number of amides is 1. The molecule has 0 aliphatic carbocycles. The number of carbonyl (C=O) groups is 2. The van der Waals surface area contributed by atoms with E-state index in [1.165, 1.54) is 19.1 Å². The molecule has 1 aromatic rings. The van der Waals surface area contributed by atoms with Gasteiger partial charge in [0.25, 0.3) is 5.91 Å². The Hall–Kier alpha value is -2.24. The van der Waals surface area contributed by atoms with Gasteiger partial charge in [-0.1, -0.05) is 13.0 Å². The first-order chi connectivity index (χ1) is 9.96. The van der Waals surface area contributed by atoms with E-state index in [4.69, 9.17) is 14.6 Å². The van der Waals surface area contributed by atoms with E-state index < -0.39 is 5.97 Å². The van der Waals surface area contributed by atoms with Crippen molar-refractivity contribution in [2.45, 2.75) is 26.3 Å². The molecule has 6 heteroatoms. The number of para-hydroxylation sites is 1. The Morgan fingerprint density at radius 1 is 1.29 bits per heavy atom. The van der Waals surface area contributed by atoms with Crippen LogP contribution in [0.25, 0.3) is 0 Å². The molecule has 0 saturated heterocycles. The second-order valence-corrected chi connectivity index (χ2v) is 4.63. The fourth-order valence-electron chi connectivity index (χ4n) is 2.00. The predicted octanol–water partition coefficient (Wildman–Crippen LogP) is 2.03. The Bertz CT molecular complexity index is 515. The number of carbonyl (C=O) groups excluding carboxylic acids is 1. The lowest BCUT2D eigenvalue weighted by molar-refractivity contribution is -0.138. The van der Waals surface area contributed by atoms with Gasteiger partial charge in [0.1, 0.15) is 6.54 Å². The standard InChI is InChI=1S/C15H21NO5/c1-5-10(2)16(9-13(17)18)15(19)11-7-6-8-12(20-3)14(11)21-4/h6-8,10H,5,9H2,1-4H3,(H,17,18). The summed E-state index contributed by atoms with van der Waals surface area (Å²) >= 11 is 0. The number of methoxy groups -OCH3 is 2. The van der Waals surface area contributed by atoms with E-state index in [2.05, 4.69) is 0 Å². The summed E-state index contributed by atoms with van der Waals surface area (Å²) in [7, 11) is 2.93. The molecule has 0 fully saturated rings. The van der Waals surface area contributed by atoms with Crippen LogP contribution >= 0.6 is 0 Å². The first-order valence-electron chi connectivity index (χ1n) is 6.69. The molecule has 0 heterocycles. The normalized spacial score (nSPS) is 11.6. The maximum Gasteiger partial charge on any atom is 0.323 e. The van der Waals surface area contributed by atoms with Crippen LogP contribution < -0.4 is 9.47 Å². The molecule has 1 rings (SSSR count). The van der Waals surface area contributed by atoms with Crippen LogP contribution in [0.15, 0.2) is 18.2 Å². The lowest BCUT2D eigenvalue weighted by Crippen LogP contribution is -2.42. The van der Waals surface area contributed by atoms with E-state index in [0.717, 1.165) is 0 Å². The summed E-state index contributed by atoms with van der Waals surface area (Å²) in [6.07, 6.45) is 0.658. The Morgan fingerprint density at radius 3 is 2.43 bits per heavy atom.